The molecule has 1 aromatic rings. The predicted molar refractivity (Wildman–Crippen MR) is 51.8 cm³/mol. The number of phenolic OH excluding ortho intramolecular Hbond substituents is 2. The largest absolute Gasteiger partial charge is 0.504 e. The second-order valence-electron chi connectivity index (χ2n) is 2.72. The number of carbonyl (C=O) groups is 3. The third-order valence-electron chi connectivity index (χ3n) is 1.68. The Kier molecular flexibility index (Phi) is 3.44. The number of para-hydroxylation sites is 1. The first kappa shape index (κ1) is 11.5. The topological polar surface area (TPSA) is 116 Å². The molecule has 4 amide bonds. The van der Waals surface area contributed by atoms with Crippen molar-refractivity contribution in [1.82, 2.24) is 10.6 Å². The number of imide groups is 2. The first-order chi connectivity index (χ1) is 7.56. The Balaban J connectivity index is 2.85. The number of amides is 4. The van der Waals surface area contributed by atoms with Crippen LogP contribution in [0.3, 0.4) is 0 Å². The summed E-state index contributed by atoms with van der Waals surface area (Å²) in [4.78, 5) is 32.0. The van der Waals surface area contributed by atoms with Gasteiger partial charge in [-0.05, 0) is 12.1 Å². The van der Waals surface area contributed by atoms with Crippen molar-refractivity contribution in [2.75, 3.05) is 0 Å². The Labute approximate surface area is 89.7 Å². The van der Waals surface area contributed by atoms with Crippen LogP contribution >= 0.6 is 0 Å². The van der Waals surface area contributed by atoms with Gasteiger partial charge in [-0.25, -0.2) is 4.79 Å². The van der Waals surface area contributed by atoms with Crippen molar-refractivity contribution in [3.63, 3.8) is 0 Å². The summed E-state index contributed by atoms with van der Waals surface area (Å²) in [6.45, 7) is 0. The predicted octanol–water partition coefficient (Wildman–Crippen LogP) is -0.306. The smallest absolute Gasteiger partial charge is 0.328 e. The summed E-state index contributed by atoms with van der Waals surface area (Å²) in [5, 5.41) is 21.9. The Morgan fingerprint density at radius 2 is 1.94 bits per heavy atom. The molecule has 7 nitrogen and oxygen atoms in total. The molecule has 0 spiro atoms. The van der Waals surface area contributed by atoms with Crippen molar-refractivity contribution in [3.8, 4) is 11.5 Å². The number of hydrogen-bond acceptors (Lipinski definition) is 5. The fourth-order valence-corrected chi connectivity index (χ4v) is 0.975. The number of hydrogen-bond donors (Lipinski definition) is 4. The van der Waals surface area contributed by atoms with Gasteiger partial charge in [0.1, 0.15) is 0 Å². The highest BCUT2D eigenvalue weighted by atomic mass is 16.3. The van der Waals surface area contributed by atoms with Crippen molar-refractivity contribution in [1.29, 1.82) is 0 Å². The Hall–Kier alpha value is -2.57. The second kappa shape index (κ2) is 4.78. The molecule has 84 valence electrons. The standard InChI is InChI=1S/C9H8N2O5/c12-4-10-9(16)11-8(15)5-2-1-3-6(13)7(5)14/h1-4,13-14H,(H2,10,11,12,15,16). The molecule has 0 atom stereocenters. The van der Waals surface area contributed by atoms with Crippen molar-refractivity contribution >= 4 is 18.3 Å². The molecule has 0 fully saturated rings. The fraction of sp³-hybridized carbons (Fsp3) is 0. The van der Waals surface area contributed by atoms with Crippen LogP contribution in [0.5, 0.6) is 11.5 Å². The summed E-state index contributed by atoms with van der Waals surface area (Å²) in [5.74, 6) is -2.06. The summed E-state index contributed by atoms with van der Waals surface area (Å²) >= 11 is 0. The van der Waals surface area contributed by atoms with Crippen LogP contribution in [0, 0.1) is 0 Å². The zero-order valence-electron chi connectivity index (χ0n) is 7.93. The van der Waals surface area contributed by atoms with E-state index in [4.69, 9.17) is 5.11 Å². The number of carbonyl (C=O) groups excluding carboxylic acids is 3. The molecule has 0 radical (unpaired) electrons. The average Bonchev–Trinajstić information content (AvgIpc) is 2.22. The first-order valence-corrected chi connectivity index (χ1v) is 4.12. The first-order valence-electron chi connectivity index (χ1n) is 4.12. The summed E-state index contributed by atoms with van der Waals surface area (Å²) < 4.78 is 0. The minimum Gasteiger partial charge on any atom is -0.504 e. The summed E-state index contributed by atoms with van der Waals surface area (Å²) in [7, 11) is 0. The van der Waals surface area contributed by atoms with E-state index in [-0.39, 0.29) is 12.0 Å². The molecule has 0 saturated heterocycles. The fourth-order valence-electron chi connectivity index (χ4n) is 0.975. The lowest BCUT2D eigenvalue weighted by molar-refractivity contribution is -0.108. The van der Waals surface area contributed by atoms with E-state index >= 15 is 0 Å². The van der Waals surface area contributed by atoms with E-state index in [9.17, 15) is 19.5 Å². The van der Waals surface area contributed by atoms with Crippen LogP contribution in [0.1, 0.15) is 10.4 Å². The molecule has 1 rings (SSSR count). The van der Waals surface area contributed by atoms with Gasteiger partial charge in [0.25, 0.3) is 5.91 Å². The maximum Gasteiger partial charge on any atom is 0.328 e. The second-order valence-corrected chi connectivity index (χ2v) is 2.72. The van der Waals surface area contributed by atoms with Crippen LogP contribution in [0.4, 0.5) is 4.79 Å². The molecular weight excluding hydrogens is 216 g/mol. The van der Waals surface area contributed by atoms with Crippen LogP contribution in [0.25, 0.3) is 0 Å². The molecule has 0 unspecified atom stereocenters. The number of urea groups is 1. The van der Waals surface area contributed by atoms with E-state index in [0.717, 1.165) is 0 Å². The average molecular weight is 224 g/mol. The number of nitrogens with one attached hydrogen (secondary N) is 2. The molecule has 0 aliphatic heterocycles. The molecule has 4 N–H and O–H groups in total. The van der Waals surface area contributed by atoms with Crippen LogP contribution in [0.15, 0.2) is 18.2 Å². The Morgan fingerprint density at radius 1 is 1.25 bits per heavy atom. The van der Waals surface area contributed by atoms with Crippen LogP contribution in [-0.4, -0.2) is 28.6 Å². The molecular formula is C9H8N2O5. The minimum atomic E-state index is -1.03. The summed E-state index contributed by atoms with van der Waals surface area (Å²) in [5.41, 5.74) is -0.277. The van der Waals surface area contributed by atoms with Gasteiger partial charge in [0, 0.05) is 0 Å². The maximum atomic E-state index is 11.3. The van der Waals surface area contributed by atoms with Crippen molar-refractivity contribution < 1.29 is 24.6 Å². The van der Waals surface area contributed by atoms with Gasteiger partial charge in [-0.3, -0.25) is 20.2 Å². The van der Waals surface area contributed by atoms with Gasteiger partial charge in [-0.1, -0.05) is 6.07 Å². The lowest BCUT2D eigenvalue weighted by atomic mass is 10.2. The maximum absolute atomic E-state index is 11.3. The molecule has 7 heteroatoms. The lowest BCUT2D eigenvalue weighted by Crippen LogP contribution is -2.38. The van der Waals surface area contributed by atoms with E-state index in [0.29, 0.717) is 0 Å². The lowest BCUT2D eigenvalue weighted by Gasteiger charge is -2.05. The molecule has 0 aromatic heterocycles. The zero-order valence-corrected chi connectivity index (χ0v) is 7.93. The number of benzene rings is 1. The highest BCUT2D eigenvalue weighted by molar-refractivity contribution is 6.07. The van der Waals surface area contributed by atoms with Crippen LogP contribution < -0.4 is 10.6 Å². The number of rotatable bonds is 2. The molecule has 0 bridgehead atoms. The summed E-state index contributed by atoms with van der Waals surface area (Å²) in [6.07, 6.45) is 0.102. The molecule has 0 aliphatic rings. The Morgan fingerprint density at radius 3 is 2.56 bits per heavy atom. The molecule has 0 heterocycles. The third kappa shape index (κ3) is 2.47. The zero-order chi connectivity index (χ0) is 12.1. The molecule has 16 heavy (non-hydrogen) atoms. The molecule has 0 aliphatic carbocycles. The van der Waals surface area contributed by atoms with Crippen LogP contribution in [-0.2, 0) is 4.79 Å². The SMILES string of the molecule is O=CNC(=O)NC(=O)c1cccc(O)c1O. The minimum absolute atomic E-state index is 0.102. The van der Waals surface area contributed by atoms with Gasteiger partial charge in [0.05, 0.1) is 5.56 Å². The van der Waals surface area contributed by atoms with Gasteiger partial charge in [-0.2, -0.15) is 0 Å². The molecule has 0 saturated carbocycles. The van der Waals surface area contributed by atoms with E-state index in [2.05, 4.69) is 0 Å². The van der Waals surface area contributed by atoms with Gasteiger partial charge in [0.15, 0.2) is 11.5 Å². The van der Waals surface area contributed by atoms with E-state index in [1.54, 1.807) is 10.6 Å². The van der Waals surface area contributed by atoms with E-state index in [1.165, 1.54) is 18.2 Å². The quantitative estimate of drug-likeness (QED) is 0.406. The van der Waals surface area contributed by atoms with Crippen molar-refractivity contribution in [2.45, 2.75) is 0 Å². The van der Waals surface area contributed by atoms with E-state index < -0.39 is 23.4 Å². The van der Waals surface area contributed by atoms with Crippen molar-refractivity contribution in [3.05, 3.63) is 23.8 Å². The highest BCUT2D eigenvalue weighted by Crippen LogP contribution is 2.27. The van der Waals surface area contributed by atoms with Crippen molar-refractivity contribution in [2.24, 2.45) is 0 Å². The van der Waals surface area contributed by atoms with Gasteiger partial charge >= 0.3 is 6.03 Å². The normalized spacial score (nSPS) is 9.25. The highest BCUT2D eigenvalue weighted by Gasteiger charge is 2.15. The third-order valence-corrected chi connectivity index (χ3v) is 1.68. The number of phenols is 2. The van der Waals surface area contributed by atoms with Crippen LogP contribution in [0.2, 0.25) is 0 Å². The van der Waals surface area contributed by atoms with Gasteiger partial charge in [-0.15, -0.1) is 0 Å². The van der Waals surface area contributed by atoms with E-state index in [1.807, 2.05) is 0 Å². The monoisotopic (exact) mass is 224 g/mol. The Bertz CT molecular complexity index is 444. The van der Waals surface area contributed by atoms with Gasteiger partial charge < -0.3 is 10.2 Å². The van der Waals surface area contributed by atoms with Gasteiger partial charge in [0.2, 0.25) is 6.41 Å². The number of aromatic hydroxyl groups is 2. The summed E-state index contributed by atoms with van der Waals surface area (Å²) in [6, 6.07) is 2.68. The molecule has 1 aromatic carbocycles.